The van der Waals surface area contributed by atoms with Gasteiger partial charge in [-0.2, -0.15) is 0 Å². The lowest BCUT2D eigenvalue weighted by Gasteiger charge is -2.11. The van der Waals surface area contributed by atoms with Crippen LogP contribution in [-0.2, 0) is 4.74 Å². The van der Waals surface area contributed by atoms with Gasteiger partial charge in [0.15, 0.2) is 0 Å². The molecule has 1 aromatic rings. The lowest BCUT2D eigenvalue weighted by atomic mass is 10.2. The fourth-order valence-corrected chi connectivity index (χ4v) is 2.78. The summed E-state index contributed by atoms with van der Waals surface area (Å²) in [6.45, 7) is 3.05. The molecule has 2 unspecified atom stereocenters. The Morgan fingerprint density at radius 3 is 3.06 bits per heavy atom. The number of aromatic nitrogens is 1. The summed E-state index contributed by atoms with van der Waals surface area (Å²) in [5, 5.41) is 3.19. The Kier molecular flexibility index (Phi) is 4.83. The maximum absolute atomic E-state index is 5.60. The number of pyridine rings is 1. The molecule has 0 amide bonds. The number of thioether (sulfide) groups is 1. The zero-order chi connectivity index (χ0) is 12.1. The molecule has 2 heterocycles. The van der Waals surface area contributed by atoms with Gasteiger partial charge in [0.25, 0.3) is 0 Å². The van der Waals surface area contributed by atoms with Crippen LogP contribution in [0.5, 0.6) is 0 Å². The standard InChI is InChI=1S/C13H20N2OS/c1-10(14-2)13-6-5-12(8-15-13)17-9-11-4-3-7-16-11/h5-6,8,10-11,14H,3-4,7,9H2,1-2H3. The van der Waals surface area contributed by atoms with Gasteiger partial charge in [-0.15, -0.1) is 11.8 Å². The second-order valence-electron chi connectivity index (χ2n) is 4.38. The quantitative estimate of drug-likeness (QED) is 0.817. The predicted molar refractivity (Wildman–Crippen MR) is 71.4 cm³/mol. The van der Waals surface area contributed by atoms with E-state index in [0.717, 1.165) is 18.1 Å². The highest BCUT2D eigenvalue weighted by Crippen LogP contribution is 2.23. The molecule has 1 aliphatic rings. The average molecular weight is 252 g/mol. The third kappa shape index (κ3) is 3.69. The maximum atomic E-state index is 5.60. The summed E-state index contributed by atoms with van der Waals surface area (Å²) in [5.74, 6) is 1.04. The van der Waals surface area contributed by atoms with Crippen LogP contribution in [0.25, 0.3) is 0 Å². The van der Waals surface area contributed by atoms with Gasteiger partial charge in [0.1, 0.15) is 0 Å². The SMILES string of the molecule is CNC(C)c1ccc(SCC2CCCO2)cn1. The summed E-state index contributed by atoms with van der Waals surface area (Å²) in [6.07, 6.45) is 4.82. The third-order valence-electron chi connectivity index (χ3n) is 3.10. The molecule has 2 atom stereocenters. The molecule has 0 bridgehead atoms. The molecule has 3 nitrogen and oxygen atoms in total. The Balaban J connectivity index is 1.84. The fourth-order valence-electron chi connectivity index (χ4n) is 1.85. The van der Waals surface area contributed by atoms with Gasteiger partial charge in [-0.3, -0.25) is 4.98 Å². The molecule has 2 rings (SSSR count). The van der Waals surface area contributed by atoms with Crippen molar-refractivity contribution in [3.8, 4) is 0 Å². The van der Waals surface area contributed by atoms with Crippen molar-refractivity contribution in [3.63, 3.8) is 0 Å². The van der Waals surface area contributed by atoms with Crippen LogP contribution in [0.15, 0.2) is 23.2 Å². The smallest absolute Gasteiger partial charge is 0.0669 e. The molecule has 1 saturated heterocycles. The molecule has 17 heavy (non-hydrogen) atoms. The first-order valence-corrected chi connectivity index (χ1v) is 7.16. The van der Waals surface area contributed by atoms with Gasteiger partial charge in [0.2, 0.25) is 0 Å². The topological polar surface area (TPSA) is 34.1 Å². The van der Waals surface area contributed by atoms with E-state index in [1.807, 2.05) is 25.0 Å². The average Bonchev–Trinajstić information content (AvgIpc) is 2.89. The van der Waals surface area contributed by atoms with Crippen LogP contribution >= 0.6 is 11.8 Å². The van der Waals surface area contributed by atoms with E-state index in [4.69, 9.17) is 4.74 Å². The predicted octanol–water partition coefficient (Wildman–Crippen LogP) is 2.63. The molecule has 1 aliphatic heterocycles. The van der Waals surface area contributed by atoms with Crippen molar-refractivity contribution >= 4 is 11.8 Å². The Morgan fingerprint density at radius 2 is 2.47 bits per heavy atom. The summed E-state index contributed by atoms with van der Waals surface area (Å²) >= 11 is 1.84. The maximum Gasteiger partial charge on any atom is 0.0669 e. The number of nitrogens with zero attached hydrogens (tertiary/aromatic N) is 1. The fraction of sp³-hybridized carbons (Fsp3) is 0.615. The minimum atomic E-state index is 0.312. The van der Waals surface area contributed by atoms with Gasteiger partial charge in [-0.05, 0) is 38.9 Å². The van der Waals surface area contributed by atoms with Crippen molar-refractivity contribution in [1.82, 2.24) is 10.3 Å². The van der Waals surface area contributed by atoms with Gasteiger partial charge in [0.05, 0.1) is 11.8 Å². The summed E-state index contributed by atoms with van der Waals surface area (Å²) in [4.78, 5) is 5.70. The molecular formula is C13H20N2OS. The van der Waals surface area contributed by atoms with E-state index in [9.17, 15) is 0 Å². The largest absolute Gasteiger partial charge is 0.377 e. The minimum Gasteiger partial charge on any atom is -0.377 e. The van der Waals surface area contributed by atoms with E-state index in [1.54, 1.807) is 0 Å². The molecule has 0 radical (unpaired) electrons. The molecule has 0 aromatic carbocycles. The summed E-state index contributed by atoms with van der Waals surface area (Å²) in [5.41, 5.74) is 1.09. The van der Waals surface area contributed by atoms with Gasteiger partial charge < -0.3 is 10.1 Å². The Labute approximate surface area is 107 Å². The highest BCUT2D eigenvalue weighted by atomic mass is 32.2. The number of ether oxygens (including phenoxy) is 1. The number of hydrogen-bond acceptors (Lipinski definition) is 4. The zero-order valence-corrected chi connectivity index (χ0v) is 11.3. The molecule has 0 spiro atoms. The second-order valence-corrected chi connectivity index (χ2v) is 5.47. The molecular weight excluding hydrogens is 232 g/mol. The lowest BCUT2D eigenvalue weighted by Crippen LogP contribution is -2.13. The van der Waals surface area contributed by atoms with E-state index in [1.165, 1.54) is 17.7 Å². The molecule has 0 aliphatic carbocycles. The van der Waals surface area contributed by atoms with Gasteiger partial charge in [0, 0.05) is 29.5 Å². The highest BCUT2D eigenvalue weighted by molar-refractivity contribution is 7.99. The first-order valence-electron chi connectivity index (χ1n) is 6.17. The first kappa shape index (κ1) is 12.9. The van der Waals surface area contributed by atoms with Gasteiger partial charge >= 0.3 is 0 Å². The molecule has 0 saturated carbocycles. The molecule has 1 aromatic heterocycles. The summed E-state index contributed by atoms with van der Waals surface area (Å²) in [7, 11) is 1.95. The molecule has 1 N–H and O–H groups in total. The van der Waals surface area contributed by atoms with Crippen LogP contribution in [0.1, 0.15) is 31.5 Å². The van der Waals surface area contributed by atoms with Crippen LogP contribution in [0.2, 0.25) is 0 Å². The van der Waals surface area contributed by atoms with Crippen molar-refractivity contribution in [3.05, 3.63) is 24.0 Å². The number of nitrogens with one attached hydrogen (secondary N) is 1. The lowest BCUT2D eigenvalue weighted by molar-refractivity contribution is 0.129. The van der Waals surface area contributed by atoms with E-state index < -0.39 is 0 Å². The third-order valence-corrected chi connectivity index (χ3v) is 4.21. The van der Waals surface area contributed by atoms with Crippen molar-refractivity contribution in [2.24, 2.45) is 0 Å². The van der Waals surface area contributed by atoms with Crippen LogP contribution in [0.3, 0.4) is 0 Å². The van der Waals surface area contributed by atoms with E-state index in [0.29, 0.717) is 12.1 Å². The second kappa shape index (κ2) is 6.38. The van der Waals surface area contributed by atoms with Crippen molar-refractivity contribution in [1.29, 1.82) is 0 Å². The number of hydrogen-bond donors (Lipinski definition) is 1. The monoisotopic (exact) mass is 252 g/mol. The molecule has 1 fully saturated rings. The van der Waals surface area contributed by atoms with Crippen LogP contribution in [0, 0.1) is 0 Å². The van der Waals surface area contributed by atoms with E-state index in [2.05, 4.69) is 29.4 Å². The van der Waals surface area contributed by atoms with Gasteiger partial charge in [-0.25, -0.2) is 0 Å². The Morgan fingerprint density at radius 1 is 1.59 bits per heavy atom. The van der Waals surface area contributed by atoms with Crippen molar-refractivity contribution < 1.29 is 4.74 Å². The zero-order valence-electron chi connectivity index (χ0n) is 10.5. The Bertz CT molecular complexity index is 336. The van der Waals surface area contributed by atoms with Crippen molar-refractivity contribution in [2.75, 3.05) is 19.4 Å². The summed E-state index contributed by atoms with van der Waals surface area (Å²) in [6, 6.07) is 4.56. The molecule has 94 valence electrons. The van der Waals surface area contributed by atoms with E-state index >= 15 is 0 Å². The normalized spacial score (nSPS) is 21.6. The highest BCUT2D eigenvalue weighted by Gasteiger charge is 2.15. The van der Waals surface area contributed by atoms with Crippen molar-refractivity contribution in [2.45, 2.75) is 36.8 Å². The van der Waals surface area contributed by atoms with Gasteiger partial charge in [-0.1, -0.05) is 0 Å². The van der Waals surface area contributed by atoms with Crippen LogP contribution < -0.4 is 5.32 Å². The summed E-state index contributed by atoms with van der Waals surface area (Å²) < 4.78 is 5.60. The molecule has 4 heteroatoms. The number of rotatable bonds is 5. The first-order chi connectivity index (χ1) is 8.29. The van der Waals surface area contributed by atoms with Crippen LogP contribution in [-0.4, -0.2) is 30.5 Å². The Hall–Kier alpha value is -0.580. The minimum absolute atomic E-state index is 0.312. The van der Waals surface area contributed by atoms with Crippen LogP contribution in [0.4, 0.5) is 0 Å². The van der Waals surface area contributed by atoms with E-state index in [-0.39, 0.29) is 0 Å².